The van der Waals surface area contributed by atoms with Gasteiger partial charge in [0.1, 0.15) is 0 Å². The molecular formula is C14H22N2O2S3. The lowest BCUT2D eigenvalue weighted by Gasteiger charge is -2.21. The van der Waals surface area contributed by atoms with Crippen molar-refractivity contribution in [2.75, 3.05) is 35.3 Å². The molecular weight excluding hydrogens is 324 g/mol. The molecule has 1 heterocycles. The van der Waals surface area contributed by atoms with Gasteiger partial charge in [0, 0.05) is 22.9 Å². The number of hydrogen-bond donors (Lipinski definition) is 2. The Balaban J connectivity index is 1.70. The highest BCUT2D eigenvalue weighted by Gasteiger charge is 2.17. The molecule has 1 aromatic carbocycles. The van der Waals surface area contributed by atoms with Crippen LogP contribution >= 0.6 is 23.5 Å². The smallest absolute Gasteiger partial charge is 0.212 e. The van der Waals surface area contributed by atoms with Crippen molar-refractivity contribution in [3.8, 4) is 0 Å². The van der Waals surface area contributed by atoms with Crippen molar-refractivity contribution in [3.05, 3.63) is 24.3 Å². The average molecular weight is 347 g/mol. The van der Waals surface area contributed by atoms with Gasteiger partial charge in [0.25, 0.3) is 0 Å². The van der Waals surface area contributed by atoms with Crippen molar-refractivity contribution >= 4 is 39.2 Å². The van der Waals surface area contributed by atoms with Crippen LogP contribution in [0.3, 0.4) is 0 Å². The molecule has 0 aromatic heterocycles. The molecule has 0 bridgehead atoms. The Hall–Kier alpha value is -0.370. The normalized spacial score (nSPS) is 17.0. The second-order valence-electron chi connectivity index (χ2n) is 5.14. The number of anilines is 1. The third-order valence-corrected chi connectivity index (χ3v) is 7.06. The molecule has 0 atom stereocenters. The van der Waals surface area contributed by atoms with Crippen LogP contribution in [0.1, 0.15) is 12.8 Å². The molecule has 0 amide bonds. The predicted molar refractivity (Wildman–Crippen MR) is 93.4 cm³/mol. The molecule has 1 aliphatic heterocycles. The summed E-state index contributed by atoms with van der Waals surface area (Å²) in [6.07, 6.45) is 2.23. The molecule has 1 fully saturated rings. The van der Waals surface area contributed by atoms with E-state index in [0.717, 1.165) is 29.2 Å². The van der Waals surface area contributed by atoms with E-state index in [9.17, 15) is 8.42 Å². The highest BCUT2D eigenvalue weighted by molar-refractivity contribution is 8.00. The largest absolute Gasteiger partial charge is 0.399 e. The van der Waals surface area contributed by atoms with Gasteiger partial charge in [-0.1, -0.05) is 6.07 Å². The minimum Gasteiger partial charge on any atom is -0.399 e. The summed E-state index contributed by atoms with van der Waals surface area (Å²) >= 11 is 3.47. The van der Waals surface area contributed by atoms with Gasteiger partial charge in [-0.15, -0.1) is 11.8 Å². The summed E-state index contributed by atoms with van der Waals surface area (Å²) in [5.74, 6) is 3.49. The zero-order chi connectivity index (χ0) is 15.1. The van der Waals surface area contributed by atoms with Crippen LogP contribution < -0.4 is 10.5 Å². The number of sulfonamides is 1. The molecule has 21 heavy (non-hydrogen) atoms. The van der Waals surface area contributed by atoms with Gasteiger partial charge in [-0.05, 0) is 48.5 Å². The summed E-state index contributed by atoms with van der Waals surface area (Å²) < 4.78 is 26.7. The lowest BCUT2D eigenvalue weighted by atomic mass is 10.0. The topological polar surface area (TPSA) is 72.2 Å². The number of benzene rings is 1. The van der Waals surface area contributed by atoms with Crippen molar-refractivity contribution in [3.63, 3.8) is 0 Å². The van der Waals surface area contributed by atoms with Gasteiger partial charge in [-0.25, -0.2) is 13.1 Å². The number of rotatable bonds is 7. The van der Waals surface area contributed by atoms with Crippen molar-refractivity contribution in [1.29, 1.82) is 0 Å². The number of thioether (sulfide) groups is 2. The second kappa shape index (κ2) is 8.31. The number of hydrogen-bond acceptors (Lipinski definition) is 5. The predicted octanol–water partition coefficient (Wildman–Crippen LogP) is 2.42. The Kier molecular flexibility index (Phi) is 6.73. The van der Waals surface area contributed by atoms with Crippen LogP contribution in [0.25, 0.3) is 0 Å². The van der Waals surface area contributed by atoms with E-state index in [1.165, 1.54) is 11.8 Å². The molecule has 0 radical (unpaired) electrons. The summed E-state index contributed by atoms with van der Waals surface area (Å²) in [7, 11) is -3.17. The van der Waals surface area contributed by atoms with E-state index in [-0.39, 0.29) is 5.75 Å². The average Bonchev–Trinajstić information content (AvgIpc) is 2.46. The third kappa shape index (κ3) is 6.50. The maximum atomic E-state index is 12.0. The van der Waals surface area contributed by atoms with Crippen molar-refractivity contribution in [1.82, 2.24) is 4.72 Å². The van der Waals surface area contributed by atoms with Gasteiger partial charge in [0.15, 0.2) is 0 Å². The maximum absolute atomic E-state index is 12.0. The fourth-order valence-corrected chi connectivity index (χ4v) is 5.82. The lowest BCUT2D eigenvalue weighted by Crippen LogP contribution is -2.33. The van der Waals surface area contributed by atoms with E-state index in [1.807, 2.05) is 36.0 Å². The van der Waals surface area contributed by atoms with Crippen molar-refractivity contribution < 1.29 is 8.42 Å². The molecule has 1 aromatic rings. The summed E-state index contributed by atoms with van der Waals surface area (Å²) in [5, 5.41) is 0. The van der Waals surface area contributed by atoms with E-state index in [1.54, 1.807) is 0 Å². The Bertz CT molecular complexity index is 543. The molecule has 3 N–H and O–H groups in total. The molecule has 2 rings (SSSR count). The first-order valence-electron chi connectivity index (χ1n) is 7.08. The Morgan fingerprint density at radius 3 is 2.81 bits per heavy atom. The van der Waals surface area contributed by atoms with Gasteiger partial charge in [0.2, 0.25) is 10.0 Å². The number of nitrogens with two attached hydrogens (primary N) is 1. The standard InChI is InChI=1S/C14H22N2O2S3/c15-13-2-1-3-14(10-13)20-8-9-21(17,18)16-11-12-4-6-19-7-5-12/h1-3,10,12,16H,4-9,11,15H2. The van der Waals surface area contributed by atoms with Gasteiger partial charge in [-0.2, -0.15) is 11.8 Å². The first kappa shape index (κ1) is 17.0. The van der Waals surface area contributed by atoms with Gasteiger partial charge in [0.05, 0.1) is 5.75 Å². The minimum absolute atomic E-state index is 0.147. The van der Waals surface area contributed by atoms with Crippen LogP contribution in [0, 0.1) is 5.92 Å². The Morgan fingerprint density at radius 1 is 1.33 bits per heavy atom. The molecule has 0 spiro atoms. The van der Waals surface area contributed by atoms with Crippen LogP contribution in [0.2, 0.25) is 0 Å². The second-order valence-corrected chi connectivity index (χ2v) is 9.46. The molecule has 0 unspecified atom stereocenters. The van der Waals surface area contributed by atoms with Crippen LogP contribution in [-0.2, 0) is 10.0 Å². The fraction of sp³-hybridized carbons (Fsp3) is 0.571. The van der Waals surface area contributed by atoms with Crippen LogP contribution in [0.5, 0.6) is 0 Å². The van der Waals surface area contributed by atoms with E-state index in [2.05, 4.69) is 4.72 Å². The maximum Gasteiger partial charge on any atom is 0.212 e. The summed E-state index contributed by atoms with van der Waals surface area (Å²) in [4.78, 5) is 1.01. The van der Waals surface area contributed by atoms with E-state index in [0.29, 0.717) is 23.9 Å². The zero-order valence-corrected chi connectivity index (χ0v) is 14.4. The molecule has 0 saturated carbocycles. The van der Waals surface area contributed by atoms with Crippen molar-refractivity contribution in [2.24, 2.45) is 5.92 Å². The molecule has 7 heteroatoms. The first-order chi connectivity index (χ1) is 10.1. The van der Waals surface area contributed by atoms with E-state index < -0.39 is 10.0 Å². The lowest BCUT2D eigenvalue weighted by molar-refractivity contribution is 0.477. The minimum atomic E-state index is -3.17. The van der Waals surface area contributed by atoms with Crippen molar-refractivity contribution in [2.45, 2.75) is 17.7 Å². The van der Waals surface area contributed by atoms with Crippen LogP contribution in [0.4, 0.5) is 5.69 Å². The van der Waals surface area contributed by atoms with Gasteiger partial charge in [-0.3, -0.25) is 0 Å². The quantitative estimate of drug-likeness (QED) is 0.586. The van der Waals surface area contributed by atoms with E-state index in [4.69, 9.17) is 5.73 Å². The fourth-order valence-electron chi connectivity index (χ4n) is 2.14. The highest BCUT2D eigenvalue weighted by Crippen LogP contribution is 2.22. The SMILES string of the molecule is Nc1cccc(SCCS(=O)(=O)NCC2CCSCC2)c1. The molecule has 4 nitrogen and oxygen atoms in total. The summed E-state index contributed by atoms with van der Waals surface area (Å²) in [6.45, 7) is 0.589. The Morgan fingerprint density at radius 2 is 2.10 bits per heavy atom. The van der Waals surface area contributed by atoms with Gasteiger partial charge >= 0.3 is 0 Å². The highest BCUT2D eigenvalue weighted by atomic mass is 32.2. The first-order valence-corrected chi connectivity index (χ1v) is 10.9. The number of nitrogen functional groups attached to an aromatic ring is 1. The van der Waals surface area contributed by atoms with Crippen LogP contribution in [0.15, 0.2) is 29.2 Å². The third-order valence-electron chi connectivity index (χ3n) is 3.41. The monoisotopic (exact) mass is 346 g/mol. The molecule has 1 saturated heterocycles. The molecule has 1 aliphatic rings. The summed E-state index contributed by atoms with van der Waals surface area (Å²) in [6, 6.07) is 7.52. The van der Waals surface area contributed by atoms with E-state index >= 15 is 0 Å². The summed E-state index contributed by atoms with van der Waals surface area (Å²) in [5.41, 5.74) is 6.41. The zero-order valence-electron chi connectivity index (χ0n) is 12.0. The Labute approximate surface area is 135 Å². The van der Waals surface area contributed by atoms with Crippen LogP contribution in [-0.4, -0.2) is 38.0 Å². The molecule has 118 valence electrons. The number of nitrogens with one attached hydrogen (secondary N) is 1. The molecule has 0 aliphatic carbocycles. The van der Waals surface area contributed by atoms with Gasteiger partial charge < -0.3 is 5.73 Å².